The first-order chi connectivity index (χ1) is 6.00. The molecule has 1 aromatic rings. The zero-order chi connectivity index (χ0) is 10.0. The Morgan fingerprint density at radius 1 is 1.23 bits per heavy atom. The summed E-state index contributed by atoms with van der Waals surface area (Å²) in [5, 5.41) is 9.72. The van der Waals surface area contributed by atoms with Crippen LogP contribution in [-0.2, 0) is 0 Å². The molecule has 0 heterocycles. The number of nitro groups is 1. The van der Waals surface area contributed by atoms with E-state index in [4.69, 9.17) is 0 Å². The van der Waals surface area contributed by atoms with Crippen molar-refractivity contribution in [2.75, 3.05) is 5.43 Å². The third-order valence-electron chi connectivity index (χ3n) is 1.88. The van der Waals surface area contributed by atoms with Crippen LogP contribution in [0.25, 0.3) is 0 Å². The van der Waals surface area contributed by atoms with E-state index in [0.29, 0.717) is 5.69 Å². The van der Waals surface area contributed by atoms with Crippen molar-refractivity contribution in [2.45, 2.75) is 20.8 Å². The van der Waals surface area contributed by atoms with Crippen LogP contribution in [0.1, 0.15) is 16.7 Å². The van der Waals surface area contributed by atoms with Crippen LogP contribution < -0.4 is 5.43 Å². The highest BCUT2D eigenvalue weighted by molar-refractivity contribution is 5.56. The van der Waals surface area contributed by atoms with Gasteiger partial charge >= 0.3 is 0 Å². The summed E-state index contributed by atoms with van der Waals surface area (Å²) in [7, 11) is 0. The fraction of sp³-hybridized carbons (Fsp3) is 0.333. The molecule has 0 spiro atoms. The molecule has 0 saturated carbocycles. The van der Waals surface area contributed by atoms with Crippen LogP contribution in [0.2, 0.25) is 0 Å². The lowest BCUT2D eigenvalue weighted by Gasteiger charge is -2.07. The quantitative estimate of drug-likeness (QED) is 0.560. The second kappa shape index (κ2) is 3.43. The fourth-order valence-electron chi connectivity index (χ4n) is 1.45. The number of hydrogen-bond donors (Lipinski definition) is 1. The highest BCUT2D eigenvalue weighted by Gasteiger charge is 2.07. The lowest BCUT2D eigenvalue weighted by molar-refractivity contribution is -0.445. The van der Waals surface area contributed by atoms with E-state index in [-0.39, 0.29) is 0 Å². The van der Waals surface area contributed by atoms with E-state index in [9.17, 15) is 10.1 Å². The van der Waals surface area contributed by atoms with Gasteiger partial charge in [0.2, 0.25) is 0 Å². The summed E-state index contributed by atoms with van der Waals surface area (Å²) in [5.41, 5.74) is 5.69. The molecule has 0 amide bonds. The summed E-state index contributed by atoms with van der Waals surface area (Å²) in [5.74, 6) is 0. The summed E-state index contributed by atoms with van der Waals surface area (Å²) in [4.78, 5) is 10.3. The molecule has 13 heavy (non-hydrogen) atoms. The smallest absolute Gasteiger partial charge is 0.162 e. The molecule has 0 bridgehead atoms. The molecule has 70 valence electrons. The van der Waals surface area contributed by atoms with Crippen LogP contribution >= 0.6 is 0 Å². The number of hydrazine groups is 1. The first kappa shape index (κ1) is 9.51. The van der Waals surface area contributed by atoms with E-state index in [1.807, 2.05) is 32.9 Å². The minimum atomic E-state index is -0.537. The standard InChI is InChI=1S/C9H12N2O2/c1-6-4-7(2)9(8(3)5-6)10-11(12)13/h4-5,10H,1-3H3. The van der Waals surface area contributed by atoms with Gasteiger partial charge in [0, 0.05) is 0 Å². The van der Waals surface area contributed by atoms with Gasteiger partial charge in [-0.05, 0) is 31.9 Å². The van der Waals surface area contributed by atoms with Crippen molar-refractivity contribution in [2.24, 2.45) is 0 Å². The van der Waals surface area contributed by atoms with Crippen LogP contribution in [0.3, 0.4) is 0 Å². The summed E-state index contributed by atoms with van der Waals surface area (Å²) in [6.07, 6.45) is 0. The van der Waals surface area contributed by atoms with Gasteiger partial charge in [-0.15, -0.1) is 5.43 Å². The van der Waals surface area contributed by atoms with Gasteiger partial charge in [0.05, 0.1) is 0 Å². The molecule has 0 aromatic heterocycles. The monoisotopic (exact) mass is 180 g/mol. The minimum absolute atomic E-state index is 0.537. The molecular weight excluding hydrogens is 168 g/mol. The molecule has 0 aliphatic heterocycles. The molecule has 0 aliphatic carbocycles. The van der Waals surface area contributed by atoms with E-state index >= 15 is 0 Å². The molecule has 1 aromatic carbocycles. The van der Waals surface area contributed by atoms with Gasteiger partial charge in [0.25, 0.3) is 0 Å². The Morgan fingerprint density at radius 3 is 2.08 bits per heavy atom. The van der Waals surface area contributed by atoms with Crippen LogP contribution in [0.5, 0.6) is 0 Å². The predicted octanol–water partition coefficient (Wildman–Crippen LogP) is 2.22. The molecule has 4 heteroatoms. The number of nitrogens with one attached hydrogen (secondary N) is 1. The number of hydrogen-bond acceptors (Lipinski definition) is 2. The molecule has 0 aliphatic rings. The van der Waals surface area contributed by atoms with E-state index in [1.165, 1.54) is 0 Å². The van der Waals surface area contributed by atoms with Crippen molar-refractivity contribution < 1.29 is 5.03 Å². The second-order valence-corrected chi connectivity index (χ2v) is 3.14. The molecule has 1 rings (SSSR count). The molecule has 0 radical (unpaired) electrons. The van der Waals surface area contributed by atoms with Gasteiger partial charge in [0.15, 0.2) is 5.03 Å². The second-order valence-electron chi connectivity index (χ2n) is 3.14. The highest BCUT2D eigenvalue weighted by atomic mass is 16.7. The zero-order valence-corrected chi connectivity index (χ0v) is 7.92. The maximum atomic E-state index is 10.3. The highest BCUT2D eigenvalue weighted by Crippen LogP contribution is 2.21. The van der Waals surface area contributed by atoms with Gasteiger partial charge in [-0.25, -0.2) is 10.1 Å². The Kier molecular flexibility index (Phi) is 2.51. The molecule has 1 N–H and O–H groups in total. The van der Waals surface area contributed by atoms with Gasteiger partial charge < -0.3 is 0 Å². The molecule has 0 fully saturated rings. The van der Waals surface area contributed by atoms with Gasteiger partial charge in [0.1, 0.15) is 5.69 Å². The van der Waals surface area contributed by atoms with Crippen molar-refractivity contribution in [1.29, 1.82) is 0 Å². The van der Waals surface area contributed by atoms with Crippen LogP contribution in [-0.4, -0.2) is 5.03 Å². The van der Waals surface area contributed by atoms with Crippen molar-refractivity contribution >= 4 is 5.69 Å². The van der Waals surface area contributed by atoms with Crippen molar-refractivity contribution in [1.82, 2.24) is 0 Å². The number of anilines is 1. The number of aryl methyl sites for hydroxylation is 3. The van der Waals surface area contributed by atoms with Crippen LogP contribution in [0.15, 0.2) is 12.1 Å². The van der Waals surface area contributed by atoms with Gasteiger partial charge in [-0.3, -0.25) is 0 Å². The Bertz CT molecular complexity index is 324. The van der Waals surface area contributed by atoms with Crippen molar-refractivity contribution in [3.63, 3.8) is 0 Å². The Hall–Kier alpha value is -1.58. The van der Waals surface area contributed by atoms with E-state index < -0.39 is 5.03 Å². The third-order valence-corrected chi connectivity index (χ3v) is 1.88. The average molecular weight is 180 g/mol. The van der Waals surface area contributed by atoms with E-state index in [0.717, 1.165) is 16.7 Å². The summed E-state index contributed by atoms with van der Waals surface area (Å²) >= 11 is 0. The number of rotatable bonds is 2. The number of nitrogens with zero attached hydrogens (tertiary/aromatic N) is 1. The van der Waals surface area contributed by atoms with Crippen LogP contribution in [0, 0.1) is 30.9 Å². The molecular formula is C9H12N2O2. The number of benzene rings is 1. The summed E-state index contributed by atoms with van der Waals surface area (Å²) < 4.78 is 0. The van der Waals surface area contributed by atoms with Gasteiger partial charge in [-0.2, -0.15) is 0 Å². The van der Waals surface area contributed by atoms with E-state index in [1.54, 1.807) is 0 Å². The lowest BCUT2D eigenvalue weighted by Crippen LogP contribution is -2.10. The zero-order valence-electron chi connectivity index (χ0n) is 7.92. The Labute approximate surface area is 76.7 Å². The lowest BCUT2D eigenvalue weighted by atomic mass is 10.1. The average Bonchev–Trinajstić information content (AvgIpc) is 1.96. The summed E-state index contributed by atoms with van der Waals surface area (Å²) in [6, 6.07) is 3.83. The van der Waals surface area contributed by atoms with Crippen molar-refractivity contribution in [3.8, 4) is 0 Å². The molecule has 4 nitrogen and oxygen atoms in total. The predicted molar refractivity (Wildman–Crippen MR) is 51.3 cm³/mol. The largest absolute Gasteiger partial charge is 0.235 e. The molecule has 0 unspecified atom stereocenters. The maximum absolute atomic E-state index is 10.3. The molecule has 0 saturated heterocycles. The Morgan fingerprint density at radius 2 is 1.69 bits per heavy atom. The normalized spacial score (nSPS) is 9.77. The first-order valence-corrected chi connectivity index (χ1v) is 3.99. The topological polar surface area (TPSA) is 55.2 Å². The Balaban J connectivity index is 3.13. The van der Waals surface area contributed by atoms with Crippen molar-refractivity contribution in [3.05, 3.63) is 38.9 Å². The minimum Gasteiger partial charge on any atom is -0.235 e. The maximum Gasteiger partial charge on any atom is 0.162 e. The fourth-order valence-corrected chi connectivity index (χ4v) is 1.45. The third kappa shape index (κ3) is 2.18. The SMILES string of the molecule is Cc1cc(C)c(N[N+](=O)[O-])c(C)c1. The van der Waals surface area contributed by atoms with Crippen LogP contribution in [0.4, 0.5) is 5.69 Å². The van der Waals surface area contributed by atoms with Gasteiger partial charge in [-0.1, -0.05) is 17.7 Å². The first-order valence-electron chi connectivity index (χ1n) is 3.99. The summed E-state index contributed by atoms with van der Waals surface area (Å²) in [6.45, 7) is 5.67. The molecule has 0 atom stereocenters. The van der Waals surface area contributed by atoms with E-state index in [2.05, 4.69) is 5.43 Å².